The molecule has 0 aliphatic heterocycles. The van der Waals surface area contributed by atoms with Crippen LogP contribution in [0.5, 0.6) is 0 Å². The first-order valence-electron chi connectivity index (χ1n) is 3.19. The predicted molar refractivity (Wildman–Crippen MR) is 47.8 cm³/mol. The Kier molecular flexibility index (Phi) is 2.97. The number of rotatable bonds is 2. The van der Waals surface area contributed by atoms with E-state index in [0.29, 0.717) is 0 Å². The van der Waals surface area contributed by atoms with Gasteiger partial charge in [0, 0.05) is 5.38 Å². The summed E-state index contributed by atoms with van der Waals surface area (Å²) in [5, 5.41) is 1.39. The first-order valence-corrected chi connectivity index (χ1v) is 7.12. The molecule has 0 nitrogen and oxygen atoms in total. The fourth-order valence-electron chi connectivity index (χ4n) is 0.597. The smallest absolute Gasteiger partial charge is 0.0735 e. The summed E-state index contributed by atoms with van der Waals surface area (Å²) in [5.74, 6) is 0. The summed E-state index contributed by atoms with van der Waals surface area (Å²) in [6, 6.07) is 0. The highest BCUT2D eigenvalue weighted by atomic mass is 35.5. The van der Waals surface area contributed by atoms with E-state index in [1.54, 1.807) is 0 Å². The zero-order valence-corrected chi connectivity index (χ0v) is 8.42. The third-order valence-electron chi connectivity index (χ3n) is 1.44. The molecule has 0 radical (unpaired) electrons. The molecule has 0 fully saturated rings. The average molecular weight is 163 g/mol. The first-order chi connectivity index (χ1) is 3.85. The van der Waals surface area contributed by atoms with E-state index in [0.717, 1.165) is 0 Å². The summed E-state index contributed by atoms with van der Waals surface area (Å²) in [6.45, 7) is 12.7. The Morgan fingerprint density at radius 2 is 1.78 bits per heavy atom. The maximum Gasteiger partial charge on any atom is 0.0735 e. The fourth-order valence-corrected chi connectivity index (χ4v) is 2.77. The molecule has 0 amide bonds. The molecule has 54 valence electrons. The van der Waals surface area contributed by atoms with Crippen molar-refractivity contribution in [1.82, 2.24) is 0 Å². The normalized spacial score (nSPS) is 15.2. The largest absolute Gasteiger partial charge is 0.119 e. The lowest BCUT2D eigenvalue weighted by Crippen LogP contribution is -2.27. The summed E-state index contributed by atoms with van der Waals surface area (Å²) in [6.07, 6.45) is 0. The van der Waals surface area contributed by atoms with Crippen LogP contribution in [0.1, 0.15) is 6.92 Å². The van der Waals surface area contributed by atoms with Crippen LogP contribution in [0.4, 0.5) is 0 Å². The third-order valence-corrected chi connectivity index (χ3v) is 4.25. The molecule has 0 aromatic carbocycles. The Bertz CT molecular complexity index is 111. The van der Waals surface area contributed by atoms with E-state index >= 15 is 0 Å². The molecule has 0 N–H and O–H groups in total. The number of halogens is 1. The SMILES string of the molecule is C=C(C(C)Cl)[Si](C)(C)C. The molecular weight excluding hydrogens is 148 g/mol. The lowest BCUT2D eigenvalue weighted by Gasteiger charge is -2.21. The first kappa shape index (κ1) is 9.25. The second-order valence-corrected chi connectivity index (χ2v) is 9.19. The van der Waals surface area contributed by atoms with E-state index in [1.807, 2.05) is 6.92 Å². The molecule has 9 heavy (non-hydrogen) atoms. The monoisotopic (exact) mass is 162 g/mol. The highest BCUT2D eigenvalue weighted by molar-refractivity contribution is 6.84. The minimum atomic E-state index is -1.15. The van der Waals surface area contributed by atoms with Gasteiger partial charge in [0.25, 0.3) is 0 Å². The van der Waals surface area contributed by atoms with E-state index in [9.17, 15) is 0 Å². The lowest BCUT2D eigenvalue weighted by atomic mass is 10.5. The molecule has 0 aromatic rings. The topological polar surface area (TPSA) is 0 Å². The van der Waals surface area contributed by atoms with Crippen molar-refractivity contribution in [2.75, 3.05) is 0 Å². The number of hydrogen-bond donors (Lipinski definition) is 0. The van der Waals surface area contributed by atoms with Gasteiger partial charge in [-0.15, -0.1) is 18.2 Å². The van der Waals surface area contributed by atoms with Gasteiger partial charge in [-0.25, -0.2) is 0 Å². The van der Waals surface area contributed by atoms with Crippen molar-refractivity contribution >= 4 is 19.7 Å². The Hall–Kier alpha value is 0.247. The minimum absolute atomic E-state index is 0.150. The van der Waals surface area contributed by atoms with Crippen molar-refractivity contribution in [3.05, 3.63) is 11.8 Å². The van der Waals surface area contributed by atoms with Gasteiger partial charge in [-0.2, -0.15) is 0 Å². The van der Waals surface area contributed by atoms with E-state index in [1.165, 1.54) is 5.20 Å². The van der Waals surface area contributed by atoms with Crippen molar-refractivity contribution in [2.45, 2.75) is 31.9 Å². The van der Waals surface area contributed by atoms with E-state index in [2.05, 4.69) is 26.2 Å². The Morgan fingerprint density at radius 3 is 1.78 bits per heavy atom. The van der Waals surface area contributed by atoms with Crippen LogP contribution >= 0.6 is 11.6 Å². The number of alkyl halides is 1. The van der Waals surface area contributed by atoms with Gasteiger partial charge < -0.3 is 0 Å². The maximum atomic E-state index is 5.85. The van der Waals surface area contributed by atoms with Crippen molar-refractivity contribution in [1.29, 1.82) is 0 Å². The molecule has 0 spiro atoms. The van der Waals surface area contributed by atoms with Crippen LogP contribution in [0.2, 0.25) is 19.6 Å². The van der Waals surface area contributed by atoms with Gasteiger partial charge in [-0.1, -0.05) is 24.8 Å². The highest BCUT2D eigenvalue weighted by Gasteiger charge is 2.20. The van der Waals surface area contributed by atoms with Crippen molar-refractivity contribution < 1.29 is 0 Å². The molecule has 0 aliphatic rings. The summed E-state index contributed by atoms with van der Waals surface area (Å²) in [5.41, 5.74) is 0. The maximum absolute atomic E-state index is 5.85. The zero-order chi connectivity index (χ0) is 7.65. The van der Waals surface area contributed by atoms with Crippen LogP contribution in [0.25, 0.3) is 0 Å². The van der Waals surface area contributed by atoms with E-state index in [-0.39, 0.29) is 5.38 Å². The van der Waals surface area contributed by atoms with E-state index in [4.69, 9.17) is 11.6 Å². The van der Waals surface area contributed by atoms with Gasteiger partial charge in [0.15, 0.2) is 0 Å². The number of hydrogen-bond acceptors (Lipinski definition) is 0. The van der Waals surface area contributed by atoms with Crippen LogP contribution in [-0.4, -0.2) is 13.5 Å². The van der Waals surface area contributed by atoms with Crippen molar-refractivity contribution in [3.63, 3.8) is 0 Å². The van der Waals surface area contributed by atoms with Gasteiger partial charge in [0.2, 0.25) is 0 Å². The molecule has 0 bridgehead atoms. The summed E-state index contributed by atoms with van der Waals surface area (Å²) >= 11 is 5.85. The Morgan fingerprint density at radius 1 is 1.44 bits per heavy atom. The highest BCUT2D eigenvalue weighted by Crippen LogP contribution is 2.19. The zero-order valence-electron chi connectivity index (χ0n) is 6.66. The summed E-state index contributed by atoms with van der Waals surface area (Å²) in [7, 11) is -1.15. The predicted octanol–water partition coefficient (Wildman–Crippen LogP) is 3.05. The molecule has 1 atom stereocenters. The molecule has 0 saturated heterocycles. The molecule has 0 aliphatic carbocycles. The Labute approximate surface area is 63.9 Å². The van der Waals surface area contributed by atoms with Crippen LogP contribution in [0.3, 0.4) is 0 Å². The lowest BCUT2D eigenvalue weighted by molar-refractivity contribution is 1.18. The van der Waals surface area contributed by atoms with Crippen LogP contribution < -0.4 is 0 Å². The number of allylic oxidation sites excluding steroid dienone is 1. The summed E-state index contributed by atoms with van der Waals surface area (Å²) < 4.78 is 0. The van der Waals surface area contributed by atoms with Gasteiger partial charge in [0.1, 0.15) is 0 Å². The van der Waals surface area contributed by atoms with Gasteiger partial charge in [-0.3, -0.25) is 0 Å². The van der Waals surface area contributed by atoms with Gasteiger partial charge in [-0.05, 0) is 6.92 Å². The molecule has 2 heteroatoms. The van der Waals surface area contributed by atoms with Crippen LogP contribution in [0.15, 0.2) is 11.8 Å². The fraction of sp³-hybridized carbons (Fsp3) is 0.714. The third kappa shape index (κ3) is 3.07. The van der Waals surface area contributed by atoms with Crippen LogP contribution in [-0.2, 0) is 0 Å². The standard InChI is InChI=1S/C7H15ClSi/c1-6(8)7(2)9(3,4)5/h6H,2H2,1,3-5H3. The summed E-state index contributed by atoms with van der Waals surface area (Å²) in [4.78, 5) is 0. The Balaban J connectivity index is 4.06. The molecule has 0 aromatic heterocycles. The quantitative estimate of drug-likeness (QED) is 0.433. The van der Waals surface area contributed by atoms with E-state index < -0.39 is 8.07 Å². The van der Waals surface area contributed by atoms with Crippen LogP contribution in [0, 0.1) is 0 Å². The van der Waals surface area contributed by atoms with Crippen molar-refractivity contribution in [2.24, 2.45) is 0 Å². The van der Waals surface area contributed by atoms with Crippen molar-refractivity contribution in [3.8, 4) is 0 Å². The van der Waals surface area contributed by atoms with Gasteiger partial charge in [0.05, 0.1) is 8.07 Å². The molecule has 0 saturated carbocycles. The molecule has 1 unspecified atom stereocenters. The molecule has 0 rings (SSSR count). The molecule has 0 heterocycles. The molecular formula is C7H15ClSi. The van der Waals surface area contributed by atoms with Gasteiger partial charge >= 0.3 is 0 Å². The second-order valence-electron chi connectivity index (χ2n) is 3.39. The average Bonchev–Trinajstić information content (AvgIpc) is 1.62. The second kappa shape index (κ2) is 2.89. The minimum Gasteiger partial charge on any atom is -0.119 e.